The van der Waals surface area contributed by atoms with E-state index in [2.05, 4.69) is 14.9 Å². The van der Waals surface area contributed by atoms with Crippen molar-refractivity contribution in [1.29, 1.82) is 0 Å². The second-order valence-corrected chi connectivity index (χ2v) is 4.62. The highest BCUT2D eigenvalue weighted by atomic mass is 15.1. The summed E-state index contributed by atoms with van der Waals surface area (Å²) in [5, 5.41) is 3.32. The Labute approximate surface area is 84.5 Å². The molecule has 0 unspecified atom stereocenters. The van der Waals surface area contributed by atoms with Crippen molar-refractivity contribution in [1.82, 2.24) is 14.9 Å². The van der Waals surface area contributed by atoms with Crippen molar-refractivity contribution >= 4 is 0 Å². The number of rotatable bonds is 3. The third kappa shape index (κ3) is 1.36. The second-order valence-electron chi connectivity index (χ2n) is 4.62. The molecule has 1 aliphatic carbocycles. The average molecular weight is 191 g/mol. The number of hydrogen-bond donors (Lipinski definition) is 1. The van der Waals surface area contributed by atoms with Gasteiger partial charge in [-0.1, -0.05) is 6.42 Å². The van der Waals surface area contributed by atoms with Gasteiger partial charge in [0, 0.05) is 37.4 Å². The molecule has 2 aliphatic rings. The van der Waals surface area contributed by atoms with Crippen LogP contribution in [0.3, 0.4) is 0 Å². The van der Waals surface area contributed by atoms with Crippen LogP contribution in [0, 0.1) is 5.92 Å². The fraction of sp³-hybridized carbons (Fsp3) is 0.727. The summed E-state index contributed by atoms with van der Waals surface area (Å²) < 4.78 is 2.37. The molecule has 1 N–H and O–H groups in total. The standard InChI is InChI=1S/C11H17N3/c1-2-9(3-1)7-14-8-13-6-11(14)10-4-12-5-10/h6,8-10,12H,1-5,7H2. The van der Waals surface area contributed by atoms with Crippen LogP contribution in [0.5, 0.6) is 0 Å². The second kappa shape index (κ2) is 3.39. The highest BCUT2D eigenvalue weighted by Crippen LogP contribution is 2.29. The molecular weight excluding hydrogens is 174 g/mol. The van der Waals surface area contributed by atoms with Crippen molar-refractivity contribution in [2.24, 2.45) is 5.92 Å². The molecule has 0 atom stereocenters. The van der Waals surface area contributed by atoms with Gasteiger partial charge in [-0.05, 0) is 18.8 Å². The molecule has 2 heterocycles. The van der Waals surface area contributed by atoms with Crippen molar-refractivity contribution in [3.8, 4) is 0 Å². The van der Waals surface area contributed by atoms with Crippen LogP contribution >= 0.6 is 0 Å². The predicted molar refractivity (Wildman–Crippen MR) is 55.2 cm³/mol. The monoisotopic (exact) mass is 191 g/mol. The molecule has 76 valence electrons. The van der Waals surface area contributed by atoms with Crippen LogP contribution in [0.4, 0.5) is 0 Å². The van der Waals surface area contributed by atoms with Crippen molar-refractivity contribution in [2.45, 2.75) is 31.7 Å². The maximum absolute atomic E-state index is 4.27. The maximum Gasteiger partial charge on any atom is 0.0948 e. The minimum atomic E-state index is 0.720. The van der Waals surface area contributed by atoms with E-state index in [9.17, 15) is 0 Å². The number of imidazole rings is 1. The predicted octanol–water partition coefficient (Wildman–Crippen LogP) is 1.37. The van der Waals surface area contributed by atoms with E-state index in [0.717, 1.165) is 24.9 Å². The Balaban J connectivity index is 1.72. The largest absolute Gasteiger partial charge is 0.334 e. The fourth-order valence-electron chi connectivity index (χ4n) is 2.27. The molecular formula is C11H17N3. The Morgan fingerprint density at radius 2 is 2.29 bits per heavy atom. The van der Waals surface area contributed by atoms with Crippen LogP contribution in [0.15, 0.2) is 12.5 Å². The van der Waals surface area contributed by atoms with Crippen LogP contribution in [-0.4, -0.2) is 22.6 Å². The van der Waals surface area contributed by atoms with Gasteiger partial charge in [0.1, 0.15) is 0 Å². The van der Waals surface area contributed by atoms with E-state index in [4.69, 9.17) is 0 Å². The van der Waals surface area contributed by atoms with E-state index in [0.29, 0.717) is 0 Å². The summed E-state index contributed by atoms with van der Waals surface area (Å²) in [6, 6.07) is 0. The molecule has 3 rings (SSSR count). The number of aromatic nitrogens is 2. The Bertz CT molecular complexity index is 310. The van der Waals surface area contributed by atoms with Gasteiger partial charge in [0.05, 0.1) is 6.33 Å². The summed E-state index contributed by atoms with van der Waals surface area (Å²) in [6.45, 7) is 3.47. The zero-order valence-electron chi connectivity index (χ0n) is 8.45. The van der Waals surface area contributed by atoms with Gasteiger partial charge in [-0.2, -0.15) is 0 Å². The molecule has 1 saturated heterocycles. The summed E-state index contributed by atoms with van der Waals surface area (Å²) in [5.74, 6) is 1.65. The van der Waals surface area contributed by atoms with Gasteiger partial charge in [0.15, 0.2) is 0 Å². The first-order valence-electron chi connectivity index (χ1n) is 5.64. The maximum atomic E-state index is 4.27. The first-order chi connectivity index (χ1) is 6.93. The van der Waals surface area contributed by atoms with Crippen LogP contribution < -0.4 is 5.32 Å². The minimum Gasteiger partial charge on any atom is -0.334 e. The van der Waals surface area contributed by atoms with Crippen molar-refractivity contribution < 1.29 is 0 Å². The van der Waals surface area contributed by atoms with E-state index in [1.54, 1.807) is 0 Å². The summed E-state index contributed by atoms with van der Waals surface area (Å²) in [6.07, 6.45) is 8.32. The normalized spacial score (nSPS) is 23.1. The quantitative estimate of drug-likeness (QED) is 0.782. The van der Waals surface area contributed by atoms with Gasteiger partial charge < -0.3 is 9.88 Å². The lowest BCUT2D eigenvalue weighted by Gasteiger charge is -2.31. The van der Waals surface area contributed by atoms with Crippen LogP contribution in [0.1, 0.15) is 30.9 Å². The van der Waals surface area contributed by atoms with Gasteiger partial charge in [0.25, 0.3) is 0 Å². The molecule has 0 bridgehead atoms. The van der Waals surface area contributed by atoms with E-state index in [-0.39, 0.29) is 0 Å². The van der Waals surface area contributed by atoms with Crippen molar-refractivity contribution in [3.63, 3.8) is 0 Å². The van der Waals surface area contributed by atoms with Crippen molar-refractivity contribution in [2.75, 3.05) is 13.1 Å². The first kappa shape index (κ1) is 8.48. The van der Waals surface area contributed by atoms with Gasteiger partial charge in [0.2, 0.25) is 0 Å². The van der Waals surface area contributed by atoms with E-state index in [1.807, 2.05) is 12.5 Å². The molecule has 3 heteroatoms. The Kier molecular flexibility index (Phi) is 2.05. The number of nitrogens with one attached hydrogen (secondary N) is 1. The molecule has 0 aromatic carbocycles. The summed E-state index contributed by atoms with van der Waals surface area (Å²) in [4.78, 5) is 4.27. The minimum absolute atomic E-state index is 0.720. The average Bonchev–Trinajstić information content (AvgIpc) is 2.42. The van der Waals surface area contributed by atoms with E-state index >= 15 is 0 Å². The van der Waals surface area contributed by atoms with Gasteiger partial charge in [-0.25, -0.2) is 4.98 Å². The van der Waals surface area contributed by atoms with Crippen LogP contribution in [0.2, 0.25) is 0 Å². The summed E-state index contributed by atoms with van der Waals surface area (Å²) in [5.41, 5.74) is 1.44. The number of nitrogens with zero attached hydrogens (tertiary/aromatic N) is 2. The Hall–Kier alpha value is -0.830. The topological polar surface area (TPSA) is 29.9 Å². The van der Waals surface area contributed by atoms with Crippen LogP contribution in [-0.2, 0) is 6.54 Å². The van der Waals surface area contributed by atoms with E-state index < -0.39 is 0 Å². The zero-order valence-corrected chi connectivity index (χ0v) is 8.45. The Morgan fingerprint density at radius 1 is 1.43 bits per heavy atom. The first-order valence-corrected chi connectivity index (χ1v) is 5.64. The van der Waals surface area contributed by atoms with Gasteiger partial charge >= 0.3 is 0 Å². The molecule has 3 nitrogen and oxygen atoms in total. The number of hydrogen-bond acceptors (Lipinski definition) is 2. The highest BCUT2D eigenvalue weighted by Gasteiger charge is 2.24. The Morgan fingerprint density at radius 3 is 2.86 bits per heavy atom. The molecule has 2 fully saturated rings. The third-order valence-corrected chi connectivity index (χ3v) is 3.62. The van der Waals surface area contributed by atoms with Gasteiger partial charge in [-0.15, -0.1) is 0 Å². The molecule has 1 aromatic heterocycles. The fourth-order valence-corrected chi connectivity index (χ4v) is 2.27. The highest BCUT2D eigenvalue weighted by molar-refractivity contribution is 5.11. The summed E-state index contributed by atoms with van der Waals surface area (Å²) in [7, 11) is 0. The molecule has 0 radical (unpaired) electrons. The molecule has 1 aromatic rings. The smallest absolute Gasteiger partial charge is 0.0948 e. The molecule has 1 aliphatic heterocycles. The lowest BCUT2D eigenvalue weighted by molar-refractivity contribution is 0.269. The lowest BCUT2D eigenvalue weighted by Crippen LogP contribution is -2.41. The SMILES string of the molecule is c1ncn(CC2CCC2)c1C1CNC1. The molecule has 1 saturated carbocycles. The van der Waals surface area contributed by atoms with Crippen LogP contribution in [0.25, 0.3) is 0 Å². The van der Waals surface area contributed by atoms with Gasteiger partial charge in [-0.3, -0.25) is 0 Å². The molecule has 0 amide bonds. The van der Waals surface area contributed by atoms with Crippen molar-refractivity contribution in [3.05, 3.63) is 18.2 Å². The lowest BCUT2D eigenvalue weighted by atomic mass is 9.85. The summed E-state index contributed by atoms with van der Waals surface area (Å²) >= 11 is 0. The van der Waals surface area contributed by atoms with E-state index in [1.165, 1.54) is 31.5 Å². The zero-order chi connectivity index (χ0) is 9.38. The molecule has 0 spiro atoms. The molecule has 14 heavy (non-hydrogen) atoms. The third-order valence-electron chi connectivity index (χ3n) is 3.62.